The Morgan fingerprint density at radius 1 is 1.14 bits per heavy atom. The van der Waals surface area contributed by atoms with E-state index in [2.05, 4.69) is 48.3 Å². The van der Waals surface area contributed by atoms with E-state index in [0.29, 0.717) is 5.92 Å². The molecule has 1 heterocycles. The molecule has 0 unspecified atom stereocenters. The van der Waals surface area contributed by atoms with Gasteiger partial charge in [-0.15, -0.1) is 0 Å². The third kappa shape index (κ3) is 6.06. The van der Waals surface area contributed by atoms with Crippen LogP contribution in [0.3, 0.4) is 0 Å². The van der Waals surface area contributed by atoms with Crippen molar-refractivity contribution in [1.82, 2.24) is 5.32 Å². The summed E-state index contributed by atoms with van der Waals surface area (Å²) >= 11 is 0. The fourth-order valence-corrected chi connectivity index (χ4v) is 2.65. The van der Waals surface area contributed by atoms with Gasteiger partial charge in [-0.1, -0.05) is 26.0 Å². The molecule has 0 amide bonds. The number of anilines is 1. The molecule has 0 atom stereocenters. The van der Waals surface area contributed by atoms with Crippen LogP contribution < -0.4 is 10.2 Å². The third-order valence-corrected chi connectivity index (χ3v) is 3.83. The van der Waals surface area contributed by atoms with Crippen LogP contribution in [-0.2, 0) is 11.3 Å². The summed E-state index contributed by atoms with van der Waals surface area (Å²) in [6.45, 7) is 10.5. The molecule has 1 saturated heterocycles. The fourth-order valence-electron chi connectivity index (χ4n) is 2.65. The Kier molecular flexibility index (Phi) is 7.04. The van der Waals surface area contributed by atoms with Crippen molar-refractivity contribution in [2.45, 2.75) is 39.7 Å². The van der Waals surface area contributed by atoms with Crippen LogP contribution in [0.2, 0.25) is 0 Å². The molecule has 0 aliphatic carbocycles. The minimum absolute atomic E-state index is 0.632. The molecule has 3 nitrogen and oxygen atoms in total. The lowest BCUT2D eigenvalue weighted by molar-refractivity contribution is 0.108. The lowest BCUT2D eigenvalue weighted by atomic mass is 10.2. The van der Waals surface area contributed by atoms with Gasteiger partial charge in [-0.05, 0) is 49.4 Å². The first kappa shape index (κ1) is 16.3. The van der Waals surface area contributed by atoms with Crippen LogP contribution in [0.25, 0.3) is 0 Å². The molecule has 0 aromatic heterocycles. The van der Waals surface area contributed by atoms with Crippen molar-refractivity contribution in [3.63, 3.8) is 0 Å². The molecule has 1 aliphatic heterocycles. The highest BCUT2D eigenvalue weighted by atomic mass is 16.5. The number of ether oxygens (including phenoxy) is 1. The first-order valence-electron chi connectivity index (χ1n) is 8.38. The lowest BCUT2D eigenvalue weighted by Gasteiger charge is -2.17. The van der Waals surface area contributed by atoms with Gasteiger partial charge in [0.2, 0.25) is 0 Å². The van der Waals surface area contributed by atoms with Crippen LogP contribution in [0.1, 0.15) is 38.7 Å². The topological polar surface area (TPSA) is 24.5 Å². The average Bonchev–Trinajstić information content (AvgIpc) is 3.01. The Labute approximate surface area is 129 Å². The van der Waals surface area contributed by atoms with Gasteiger partial charge in [-0.2, -0.15) is 0 Å². The van der Waals surface area contributed by atoms with E-state index in [9.17, 15) is 0 Å². The molecule has 1 aromatic rings. The molecule has 0 bridgehead atoms. The molecule has 0 spiro atoms. The van der Waals surface area contributed by atoms with Gasteiger partial charge in [0, 0.05) is 38.5 Å². The Bertz CT molecular complexity index is 383. The Balaban J connectivity index is 1.58. The molecule has 1 N–H and O–H groups in total. The van der Waals surface area contributed by atoms with E-state index in [1.54, 1.807) is 0 Å². The summed E-state index contributed by atoms with van der Waals surface area (Å²) in [5, 5.41) is 3.49. The van der Waals surface area contributed by atoms with Gasteiger partial charge in [-0.25, -0.2) is 0 Å². The summed E-state index contributed by atoms with van der Waals surface area (Å²) in [6, 6.07) is 9.01. The largest absolute Gasteiger partial charge is 0.381 e. The lowest BCUT2D eigenvalue weighted by Crippen LogP contribution is -2.18. The summed E-state index contributed by atoms with van der Waals surface area (Å²) in [6.07, 6.45) is 3.75. The second-order valence-electron chi connectivity index (χ2n) is 6.36. The minimum atomic E-state index is 0.632. The molecule has 1 aromatic carbocycles. The van der Waals surface area contributed by atoms with Crippen molar-refractivity contribution >= 4 is 5.69 Å². The number of nitrogens with one attached hydrogen (secondary N) is 1. The second kappa shape index (κ2) is 9.06. The molecule has 21 heavy (non-hydrogen) atoms. The molecule has 2 rings (SSSR count). The number of rotatable bonds is 9. The normalized spacial score (nSPS) is 15.1. The van der Waals surface area contributed by atoms with Gasteiger partial charge < -0.3 is 15.0 Å². The van der Waals surface area contributed by atoms with Crippen LogP contribution in [-0.4, -0.2) is 32.8 Å². The maximum atomic E-state index is 5.57. The second-order valence-corrected chi connectivity index (χ2v) is 6.36. The Hall–Kier alpha value is -1.06. The monoisotopic (exact) mass is 290 g/mol. The van der Waals surface area contributed by atoms with Crippen LogP contribution in [0, 0.1) is 5.92 Å². The van der Waals surface area contributed by atoms with Crippen LogP contribution >= 0.6 is 0 Å². The maximum Gasteiger partial charge on any atom is 0.0489 e. The average molecular weight is 290 g/mol. The highest BCUT2D eigenvalue weighted by Crippen LogP contribution is 2.20. The van der Waals surface area contributed by atoms with Gasteiger partial charge in [0.25, 0.3) is 0 Å². The molecule has 3 heteroatoms. The first-order valence-corrected chi connectivity index (χ1v) is 8.38. The quantitative estimate of drug-likeness (QED) is 0.705. The van der Waals surface area contributed by atoms with Crippen LogP contribution in [0.15, 0.2) is 24.3 Å². The van der Waals surface area contributed by atoms with E-state index < -0.39 is 0 Å². The summed E-state index contributed by atoms with van der Waals surface area (Å²) in [5.74, 6) is 0.632. The van der Waals surface area contributed by atoms with Crippen molar-refractivity contribution in [3.05, 3.63) is 29.8 Å². The Morgan fingerprint density at radius 3 is 2.52 bits per heavy atom. The van der Waals surface area contributed by atoms with E-state index >= 15 is 0 Å². The van der Waals surface area contributed by atoms with Crippen molar-refractivity contribution in [2.75, 3.05) is 37.7 Å². The highest BCUT2D eigenvalue weighted by molar-refractivity contribution is 5.48. The molecule has 0 saturated carbocycles. The minimum Gasteiger partial charge on any atom is -0.381 e. The zero-order valence-electron chi connectivity index (χ0n) is 13.6. The van der Waals surface area contributed by atoms with E-state index in [-0.39, 0.29) is 0 Å². The van der Waals surface area contributed by atoms with Gasteiger partial charge in [0.05, 0.1) is 0 Å². The summed E-state index contributed by atoms with van der Waals surface area (Å²) in [4.78, 5) is 2.48. The standard InChI is InChI=1S/C18H30N2O/c1-16(2)15-21-13-5-10-19-14-17-6-8-18(9-7-17)20-11-3-4-12-20/h6-9,16,19H,3-5,10-15H2,1-2H3. The van der Waals surface area contributed by atoms with Crippen molar-refractivity contribution < 1.29 is 4.74 Å². The van der Waals surface area contributed by atoms with Crippen molar-refractivity contribution in [2.24, 2.45) is 5.92 Å². The molecule has 1 fully saturated rings. The van der Waals surface area contributed by atoms with Crippen LogP contribution in [0.4, 0.5) is 5.69 Å². The molecule has 118 valence electrons. The number of nitrogens with zero attached hydrogens (tertiary/aromatic N) is 1. The van der Waals surface area contributed by atoms with Gasteiger partial charge >= 0.3 is 0 Å². The van der Waals surface area contributed by atoms with E-state index in [4.69, 9.17) is 4.74 Å². The predicted molar refractivity (Wildman–Crippen MR) is 89.9 cm³/mol. The number of hydrogen-bond acceptors (Lipinski definition) is 3. The zero-order chi connectivity index (χ0) is 14.9. The van der Waals surface area contributed by atoms with E-state index in [1.165, 1.54) is 37.2 Å². The summed E-state index contributed by atoms with van der Waals surface area (Å²) < 4.78 is 5.57. The fraction of sp³-hybridized carbons (Fsp3) is 0.667. The summed E-state index contributed by atoms with van der Waals surface area (Å²) in [5.41, 5.74) is 2.74. The smallest absolute Gasteiger partial charge is 0.0489 e. The molecular formula is C18H30N2O. The van der Waals surface area contributed by atoms with Gasteiger partial charge in [0.15, 0.2) is 0 Å². The SMILES string of the molecule is CC(C)COCCCNCc1ccc(N2CCCC2)cc1. The number of hydrogen-bond donors (Lipinski definition) is 1. The third-order valence-electron chi connectivity index (χ3n) is 3.83. The van der Waals surface area contributed by atoms with Gasteiger partial charge in [0.1, 0.15) is 0 Å². The highest BCUT2D eigenvalue weighted by Gasteiger charge is 2.11. The van der Waals surface area contributed by atoms with Crippen molar-refractivity contribution in [3.8, 4) is 0 Å². The van der Waals surface area contributed by atoms with Crippen LogP contribution in [0.5, 0.6) is 0 Å². The molecule has 1 aliphatic rings. The van der Waals surface area contributed by atoms with E-state index in [1.807, 2.05) is 0 Å². The van der Waals surface area contributed by atoms with Gasteiger partial charge in [-0.3, -0.25) is 0 Å². The predicted octanol–water partition coefficient (Wildman–Crippen LogP) is 3.44. The molecule has 0 radical (unpaired) electrons. The zero-order valence-corrected chi connectivity index (χ0v) is 13.6. The molecular weight excluding hydrogens is 260 g/mol. The first-order chi connectivity index (χ1) is 10.3. The Morgan fingerprint density at radius 2 is 1.86 bits per heavy atom. The van der Waals surface area contributed by atoms with Crippen molar-refractivity contribution in [1.29, 1.82) is 0 Å². The maximum absolute atomic E-state index is 5.57. The summed E-state index contributed by atoms with van der Waals surface area (Å²) in [7, 11) is 0. The van der Waals surface area contributed by atoms with E-state index in [0.717, 1.165) is 32.7 Å². The number of benzene rings is 1.